The van der Waals surface area contributed by atoms with Gasteiger partial charge in [-0.2, -0.15) is 0 Å². The van der Waals surface area contributed by atoms with Gasteiger partial charge in [-0.25, -0.2) is 0 Å². The molecule has 2 aromatic carbocycles. The Hall–Kier alpha value is -2.28. The molecule has 27 heavy (non-hydrogen) atoms. The van der Waals surface area contributed by atoms with Crippen molar-refractivity contribution in [3.8, 4) is 11.5 Å². The Morgan fingerprint density at radius 1 is 1.15 bits per heavy atom. The first-order chi connectivity index (χ1) is 13.2. The average molecular weight is 390 g/mol. The Morgan fingerprint density at radius 2 is 1.93 bits per heavy atom. The van der Waals surface area contributed by atoms with Crippen molar-refractivity contribution >= 4 is 17.5 Å². The Kier molecular flexibility index (Phi) is 5.48. The third-order valence-corrected chi connectivity index (χ3v) is 5.17. The highest BCUT2D eigenvalue weighted by atomic mass is 35.5. The first-order valence-electron chi connectivity index (χ1n) is 9.07. The molecular weight excluding hydrogens is 368 g/mol. The molecule has 1 saturated heterocycles. The molecular formula is C20H22ClN2O4+. The molecule has 7 heteroatoms. The highest BCUT2D eigenvalue weighted by molar-refractivity contribution is 6.32. The number of nitrogens with one attached hydrogen (secondary N) is 2. The topological polar surface area (TPSA) is 61.2 Å². The van der Waals surface area contributed by atoms with Gasteiger partial charge in [0.15, 0.2) is 11.5 Å². The molecule has 1 fully saturated rings. The largest absolute Gasteiger partial charge is 0.454 e. The monoisotopic (exact) mass is 389 g/mol. The van der Waals surface area contributed by atoms with Gasteiger partial charge in [-0.3, -0.25) is 4.79 Å². The third-order valence-electron chi connectivity index (χ3n) is 4.89. The molecule has 0 bridgehead atoms. The van der Waals surface area contributed by atoms with Crippen LogP contribution in [0.1, 0.15) is 22.0 Å². The molecule has 4 rings (SSSR count). The zero-order valence-corrected chi connectivity index (χ0v) is 15.6. The van der Waals surface area contributed by atoms with E-state index in [0.717, 1.165) is 38.4 Å². The number of quaternary nitrogens is 1. The van der Waals surface area contributed by atoms with Gasteiger partial charge < -0.3 is 24.4 Å². The van der Waals surface area contributed by atoms with Gasteiger partial charge in [0.2, 0.25) is 6.79 Å². The standard InChI is InChI=1S/C20H21ClN2O4/c21-16-10-15(11-18-19(16)27-13-26-18)20(24)22-17(14-4-2-1-3-5-14)12-23-6-8-25-9-7-23/h1-5,10-11,17H,6-9,12-13H2,(H,22,24)/p+1/t17-/m0/s1. The zero-order valence-electron chi connectivity index (χ0n) is 14.9. The van der Waals surface area contributed by atoms with Crippen molar-refractivity contribution in [1.29, 1.82) is 0 Å². The summed E-state index contributed by atoms with van der Waals surface area (Å²) < 4.78 is 16.1. The summed E-state index contributed by atoms with van der Waals surface area (Å²) in [5.41, 5.74) is 1.54. The molecule has 1 atom stereocenters. The van der Waals surface area contributed by atoms with E-state index in [4.69, 9.17) is 25.8 Å². The number of benzene rings is 2. The Labute approximate surface area is 163 Å². The number of morpholine rings is 1. The van der Waals surface area contributed by atoms with Gasteiger partial charge in [0.1, 0.15) is 25.7 Å². The first kappa shape index (κ1) is 18.1. The molecule has 1 amide bonds. The molecule has 0 saturated carbocycles. The predicted octanol–water partition coefficient (Wildman–Crippen LogP) is 1.45. The molecule has 0 aliphatic carbocycles. The van der Waals surface area contributed by atoms with Gasteiger partial charge in [0, 0.05) is 5.56 Å². The molecule has 0 aromatic heterocycles. The summed E-state index contributed by atoms with van der Waals surface area (Å²) in [7, 11) is 0. The lowest BCUT2D eigenvalue weighted by atomic mass is 10.0. The predicted molar refractivity (Wildman–Crippen MR) is 101 cm³/mol. The summed E-state index contributed by atoms with van der Waals surface area (Å²) in [6.45, 7) is 4.31. The van der Waals surface area contributed by atoms with Crippen molar-refractivity contribution in [2.45, 2.75) is 6.04 Å². The summed E-state index contributed by atoms with van der Waals surface area (Å²) in [5, 5.41) is 3.54. The lowest BCUT2D eigenvalue weighted by Gasteiger charge is -2.28. The smallest absolute Gasteiger partial charge is 0.252 e. The number of hydrogen-bond acceptors (Lipinski definition) is 4. The van der Waals surface area contributed by atoms with Crippen molar-refractivity contribution in [1.82, 2.24) is 5.32 Å². The number of halogens is 1. The van der Waals surface area contributed by atoms with Crippen LogP contribution >= 0.6 is 11.6 Å². The van der Waals surface area contributed by atoms with Crippen molar-refractivity contribution in [3.63, 3.8) is 0 Å². The van der Waals surface area contributed by atoms with Crippen molar-refractivity contribution in [3.05, 3.63) is 58.6 Å². The number of ether oxygens (including phenoxy) is 3. The van der Waals surface area contributed by atoms with Gasteiger partial charge >= 0.3 is 0 Å². The summed E-state index contributed by atoms with van der Waals surface area (Å²) in [6.07, 6.45) is 0. The van der Waals surface area contributed by atoms with Crippen molar-refractivity contribution in [2.24, 2.45) is 0 Å². The average Bonchev–Trinajstić information content (AvgIpc) is 3.18. The number of amides is 1. The minimum absolute atomic E-state index is 0.101. The summed E-state index contributed by atoms with van der Waals surface area (Å²) >= 11 is 6.23. The van der Waals surface area contributed by atoms with E-state index in [2.05, 4.69) is 5.32 Å². The summed E-state index contributed by atoms with van der Waals surface area (Å²) in [4.78, 5) is 14.3. The van der Waals surface area contributed by atoms with Crippen LogP contribution in [0.3, 0.4) is 0 Å². The summed E-state index contributed by atoms with van der Waals surface area (Å²) in [6, 6.07) is 13.2. The zero-order chi connectivity index (χ0) is 18.6. The fourth-order valence-electron chi connectivity index (χ4n) is 3.43. The minimum Gasteiger partial charge on any atom is -0.454 e. The molecule has 2 N–H and O–H groups in total. The number of carbonyl (C=O) groups excluding carboxylic acids is 1. The van der Waals surface area contributed by atoms with E-state index in [0.29, 0.717) is 22.1 Å². The van der Waals surface area contributed by atoms with Gasteiger partial charge in [-0.05, 0) is 17.7 Å². The lowest BCUT2D eigenvalue weighted by molar-refractivity contribution is -0.909. The quantitative estimate of drug-likeness (QED) is 0.812. The molecule has 6 nitrogen and oxygen atoms in total. The van der Waals surface area contributed by atoms with Crippen molar-refractivity contribution in [2.75, 3.05) is 39.6 Å². The molecule has 0 radical (unpaired) electrons. The van der Waals surface area contributed by atoms with Crippen LogP contribution in [-0.4, -0.2) is 45.5 Å². The van der Waals surface area contributed by atoms with Crippen LogP contribution in [0.2, 0.25) is 5.02 Å². The third kappa shape index (κ3) is 4.18. The molecule has 142 valence electrons. The van der Waals surface area contributed by atoms with Crippen LogP contribution in [0.4, 0.5) is 0 Å². The second kappa shape index (κ2) is 8.17. The van der Waals surface area contributed by atoms with Crippen LogP contribution in [0, 0.1) is 0 Å². The molecule has 2 heterocycles. The van der Waals surface area contributed by atoms with E-state index >= 15 is 0 Å². The highest BCUT2D eigenvalue weighted by Crippen LogP contribution is 2.39. The van der Waals surface area contributed by atoms with E-state index in [1.165, 1.54) is 4.90 Å². The Bertz CT molecular complexity index is 809. The molecule has 2 aromatic rings. The van der Waals surface area contributed by atoms with Gasteiger partial charge in [-0.1, -0.05) is 41.9 Å². The van der Waals surface area contributed by atoms with Gasteiger partial charge in [0.25, 0.3) is 5.91 Å². The molecule has 2 aliphatic heterocycles. The summed E-state index contributed by atoms with van der Waals surface area (Å²) in [5.74, 6) is 0.810. The number of carbonyl (C=O) groups is 1. The van der Waals surface area contributed by atoms with Crippen LogP contribution in [0.25, 0.3) is 0 Å². The van der Waals surface area contributed by atoms with Gasteiger partial charge in [-0.15, -0.1) is 0 Å². The maximum absolute atomic E-state index is 12.9. The van der Waals surface area contributed by atoms with Crippen LogP contribution in [-0.2, 0) is 4.74 Å². The van der Waals surface area contributed by atoms with E-state index < -0.39 is 0 Å². The van der Waals surface area contributed by atoms with E-state index in [1.54, 1.807) is 12.1 Å². The van der Waals surface area contributed by atoms with Gasteiger partial charge in [0.05, 0.1) is 18.2 Å². The number of fused-ring (bicyclic) bond motifs is 1. The maximum atomic E-state index is 12.9. The normalized spacial score (nSPS) is 17.5. The van der Waals surface area contributed by atoms with E-state index in [9.17, 15) is 4.79 Å². The second-order valence-electron chi connectivity index (χ2n) is 6.70. The Morgan fingerprint density at radius 3 is 2.70 bits per heavy atom. The SMILES string of the molecule is O=C(N[C@@H](C[NH+]1CCOCC1)c1ccccc1)c1cc(Cl)c2c(c1)OCO2. The van der Waals surface area contributed by atoms with Crippen LogP contribution in [0.15, 0.2) is 42.5 Å². The number of hydrogen-bond donors (Lipinski definition) is 2. The molecule has 0 spiro atoms. The molecule has 2 aliphatic rings. The number of rotatable bonds is 5. The van der Waals surface area contributed by atoms with Crippen LogP contribution in [0.5, 0.6) is 11.5 Å². The first-order valence-corrected chi connectivity index (χ1v) is 9.45. The van der Waals surface area contributed by atoms with Crippen molar-refractivity contribution < 1.29 is 23.9 Å². The maximum Gasteiger partial charge on any atom is 0.252 e. The second-order valence-corrected chi connectivity index (χ2v) is 7.10. The lowest BCUT2D eigenvalue weighted by Crippen LogP contribution is -3.14. The fourth-order valence-corrected chi connectivity index (χ4v) is 3.70. The minimum atomic E-state index is -0.184. The Balaban J connectivity index is 1.53. The molecule has 0 unspecified atom stereocenters. The van der Waals surface area contributed by atoms with Crippen LogP contribution < -0.4 is 19.7 Å². The van der Waals surface area contributed by atoms with E-state index in [-0.39, 0.29) is 18.7 Å². The van der Waals surface area contributed by atoms with E-state index in [1.807, 2.05) is 30.3 Å². The fraction of sp³-hybridized carbons (Fsp3) is 0.350. The highest BCUT2D eigenvalue weighted by Gasteiger charge is 2.25.